The minimum Gasteiger partial charge on any atom is -0.456 e. The second kappa shape index (κ2) is 5.84. The second-order valence-electron chi connectivity index (χ2n) is 5.70. The zero-order valence-electron chi connectivity index (χ0n) is 13.1. The Kier molecular flexibility index (Phi) is 4.01. The molecule has 0 N–H and O–H groups in total. The molecular weight excluding hydrogens is 318 g/mol. The molecule has 1 atom stereocenters. The van der Waals surface area contributed by atoms with Gasteiger partial charge in [-0.15, -0.1) is 0 Å². The van der Waals surface area contributed by atoms with Gasteiger partial charge >= 0.3 is 0 Å². The van der Waals surface area contributed by atoms with Gasteiger partial charge in [-0.25, -0.2) is 8.42 Å². The van der Waals surface area contributed by atoms with Gasteiger partial charge in [0.05, 0.1) is 23.7 Å². The Hall–Kier alpha value is -2.09. The van der Waals surface area contributed by atoms with Crippen LogP contribution in [0.15, 0.2) is 28.9 Å². The molecule has 3 rings (SSSR count). The van der Waals surface area contributed by atoms with Gasteiger partial charge in [-0.05, 0) is 12.1 Å². The second-order valence-corrected chi connectivity index (χ2v) is 7.92. The molecule has 1 fully saturated rings. The molecule has 7 nitrogen and oxygen atoms in total. The molecule has 0 aliphatic carbocycles. The molecule has 1 saturated heterocycles. The van der Waals surface area contributed by atoms with Crippen molar-refractivity contribution in [3.05, 3.63) is 41.6 Å². The summed E-state index contributed by atoms with van der Waals surface area (Å²) in [5.74, 6) is 0.571. The van der Waals surface area contributed by atoms with Crippen molar-refractivity contribution in [2.75, 3.05) is 18.1 Å². The summed E-state index contributed by atoms with van der Waals surface area (Å²) in [7, 11) is -1.42. The van der Waals surface area contributed by atoms with Crippen molar-refractivity contribution in [3.8, 4) is 0 Å². The third kappa shape index (κ3) is 3.17. The molecule has 124 valence electrons. The van der Waals surface area contributed by atoms with Crippen molar-refractivity contribution in [1.82, 2.24) is 14.7 Å². The average Bonchev–Trinajstić information content (AvgIpc) is 3.14. The van der Waals surface area contributed by atoms with Crippen LogP contribution in [-0.2, 0) is 23.3 Å². The zero-order valence-corrected chi connectivity index (χ0v) is 13.9. The highest BCUT2D eigenvalue weighted by Crippen LogP contribution is 2.28. The molecular formula is C15H19N3O4S. The molecule has 0 spiro atoms. The van der Waals surface area contributed by atoms with Crippen LogP contribution in [0.25, 0.3) is 0 Å². The first kappa shape index (κ1) is 15.8. The molecule has 2 aromatic rings. The highest BCUT2D eigenvalue weighted by Gasteiger charge is 2.37. The number of aromatic nitrogens is 2. The summed E-state index contributed by atoms with van der Waals surface area (Å²) in [6.45, 7) is 2.10. The fourth-order valence-corrected chi connectivity index (χ4v) is 4.26. The van der Waals surface area contributed by atoms with E-state index < -0.39 is 15.9 Å². The van der Waals surface area contributed by atoms with E-state index in [-0.39, 0.29) is 29.7 Å². The van der Waals surface area contributed by atoms with Gasteiger partial charge < -0.3 is 9.32 Å². The Morgan fingerprint density at radius 3 is 2.83 bits per heavy atom. The fourth-order valence-electron chi connectivity index (χ4n) is 2.76. The summed E-state index contributed by atoms with van der Waals surface area (Å²) in [4.78, 5) is 14.3. The average molecular weight is 337 g/mol. The van der Waals surface area contributed by atoms with Crippen molar-refractivity contribution in [3.63, 3.8) is 0 Å². The van der Waals surface area contributed by atoms with Gasteiger partial charge in [-0.2, -0.15) is 5.10 Å². The number of sulfone groups is 1. The van der Waals surface area contributed by atoms with Crippen LogP contribution in [0.5, 0.6) is 0 Å². The fraction of sp³-hybridized carbons (Fsp3) is 0.467. The van der Waals surface area contributed by atoms with Crippen molar-refractivity contribution in [2.24, 2.45) is 7.05 Å². The molecule has 0 saturated carbocycles. The van der Waals surface area contributed by atoms with E-state index in [0.29, 0.717) is 12.0 Å². The summed E-state index contributed by atoms with van der Waals surface area (Å²) in [6, 6.07) is 2.88. The SMILES string of the molecule is CCc1ccc(C(=O)N2CCS(=O)(=O)CC2c2cnn(C)c2)o1. The minimum absolute atomic E-state index is 0.0309. The highest BCUT2D eigenvalue weighted by molar-refractivity contribution is 7.91. The lowest BCUT2D eigenvalue weighted by atomic mass is 10.1. The van der Waals surface area contributed by atoms with Gasteiger partial charge in [0.15, 0.2) is 15.6 Å². The van der Waals surface area contributed by atoms with E-state index in [1.54, 1.807) is 41.2 Å². The summed E-state index contributed by atoms with van der Waals surface area (Å²) in [5.41, 5.74) is 0.714. The Balaban J connectivity index is 1.93. The number of hydrogen-bond acceptors (Lipinski definition) is 5. The van der Waals surface area contributed by atoms with Gasteiger partial charge in [0.2, 0.25) is 0 Å². The lowest BCUT2D eigenvalue weighted by Crippen LogP contribution is -2.46. The molecule has 23 heavy (non-hydrogen) atoms. The maximum Gasteiger partial charge on any atom is 0.290 e. The molecule has 2 aromatic heterocycles. The highest BCUT2D eigenvalue weighted by atomic mass is 32.2. The predicted molar refractivity (Wildman–Crippen MR) is 83.7 cm³/mol. The van der Waals surface area contributed by atoms with Gasteiger partial charge in [0.25, 0.3) is 5.91 Å². The molecule has 1 amide bonds. The van der Waals surface area contributed by atoms with Crippen LogP contribution in [0.2, 0.25) is 0 Å². The van der Waals surface area contributed by atoms with Crippen LogP contribution in [0, 0.1) is 0 Å². The molecule has 8 heteroatoms. The van der Waals surface area contributed by atoms with Gasteiger partial charge in [-0.3, -0.25) is 9.48 Å². The molecule has 0 aromatic carbocycles. The first-order valence-corrected chi connectivity index (χ1v) is 9.30. The maximum atomic E-state index is 12.7. The molecule has 1 unspecified atom stereocenters. The number of rotatable bonds is 3. The number of carbonyl (C=O) groups excluding carboxylic acids is 1. The molecule has 0 bridgehead atoms. The molecule has 3 heterocycles. The van der Waals surface area contributed by atoms with E-state index in [0.717, 1.165) is 5.76 Å². The van der Waals surface area contributed by atoms with Crippen LogP contribution in [0.3, 0.4) is 0 Å². The number of hydrogen-bond donors (Lipinski definition) is 0. The first-order valence-electron chi connectivity index (χ1n) is 7.48. The smallest absolute Gasteiger partial charge is 0.290 e. The van der Waals surface area contributed by atoms with Crippen molar-refractivity contribution in [2.45, 2.75) is 19.4 Å². The largest absolute Gasteiger partial charge is 0.456 e. The molecule has 1 aliphatic heterocycles. The number of aryl methyl sites for hydroxylation is 2. The Morgan fingerprint density at radius 2 is 2.22 bits per heavy atom. The molecule has 0 radical (unpaired) electrons. The quantitative estimate of drug-likeness (QED) is 0.840. The van der Waals surface area contributed by atoms with E-state index in [4.69, 9.17) is 4.42 Å². The third-order valence-electron chi connectivity index (χ3n) is 4.02. The van der Waals surface area contributed by atoms with Crippen LogP contribution >= 0.6 is 0 Å². The lowest BCUT2D eigenvalue weighted by molar-refractivity contribution is 0.0663. The van der Waals surface area contributed by atoms with Crippen molar-refractivity contribution in [1.29, 1.82) is 0 Å². The standard InChI is InChI=1S/C15H19N3O4S/c1-3-12-4-5-14(22-12)15(19)18-6-7-23(20,21)10-13(18)11-8-16-17(2)9-11/h4-5,8-9,13H,3,6-7,10H2,1-2H3. The van der Waals surface area contributed by atoms with E-state index in [2.05, 4.69) is 5.10 Å². The van der Waals surface area contributed by atoms with E-state index in [9.17, 15) is 13.2 Å². The number of amides is 1. The summed E-state index contributed by atoms with van der Waals surface area (Å²) in [6.07, 6.45) is 4.05. The minimum atomic E-state index is -3.18. The summed E-state index contributed by atoms with van der Waals surface area (Å²) >= 11 is 0. The van der Waals surface area contributed by atoms with Crippen LogP contribution in [0.4, 0.5) is 0 Å². The molecule has 1 aliphatic rings. The third-order valence-corrected chi connectivity index (χ3v) is 5.65. The van der Waals surface area contributed by atoms with E-state index >= 15 is 0 Å². The lowest BCUT2D eigenvalue weighted by Gasteiger charge is -2.34. The van der Waals surface area contributed by atoms with E-state index in [1.165, 1.54) is 0 Å². The van der Waals surface area contributed by atoms with Gasteiger partial charge in [-0.1, -0.05) is 6.92 Å². The predicted octanol–water partition coefficient (Wildman–Crippen LogP) is 1.19. The topological polar surface area (TPSA) is 85.4 Å². The normalized spacial score (nSPS) is 20.6. The Morgan fingerprint density at radius 1 is 1.43 bits per heavy atom. The zero-order chi connectivity index (χ0) is 16.6. The van der Waals surface area contributed by atoms with Gasteiger partial charge in [0.1, 0.15) is 5.76 Å². The van der Waals surface area contributed by atoms with Crippen LogP contribution in [-0.4, -0.2) is 47.1 Å². The first-order chi connectivity index (χ1) is 10.9. The summed E-state index contributed by atoms with van der Waals surface area (Å²) in [5, 5.41) is 4.08. The Bertz CT molecular complexity index is 821. The van der Waals surface area contributed by atoms with Crippen LogP contribution in [0.1, 0.15) is 34.8 Å². The van der Waals surface area contributed by atoms with E-state index in [1.807, 2.05) is 6.92 Å². The monoisotopic (exact) mass is 337 g/mol. The van der Waals surface area contributed by atoms with Crippen molar-refractivity contribution >= 4 is 15.7 Å². The number of nitrogens with zero attached hydrogens (tertiary/aromatic N) is 3. The van der Waals surface area contributed by atoms with Gasteiger partial charge in [0, 0.05) is 31.8 Å². The number of furan rings is 1. The Labute approximate surface area is 134 Å². The maximum absolute atomic E-state index is 12.7. The van der Waals surface area contributed by atoms with Crippen molar-refractivity contribution < 1.29 is 17.6 Å². The summed E-state index contributed by atoms with van der Waals surface area (Å²) < 4.78 is 31.1. The van der Waals surface area contributed by atoms with Crippen LogP contribution < -0.4 is 0 Å². The number of carbonyl (C=O) groups is 1.